The molecular weight excluding hydrogens is 284 g/mol. The largest absolute Gasteiger partial charge is 0.393 e. The van der Waals surface area contributed by atoms with Crippen LogP contribution in [0.2, 0.25) is 0 Å². The van der Waals surface area contributed by atoms with Crippen molar-refractivity contribution in [2.24, 2.45) is 5.92 Å². The van der Waals surface area contributed by atoms with Crippen molar-refractivity contribution in [1.82, 2.24) is 5.32 Å². The van der Waals surface area contributed by atoms with Crippen LogP contribution in [0.15, 0.2) is 30.3 Å². The van der Waals surface area contributed by atoms with Crippen LogP contribution in [-0.4, -0.2) is 28.6 Å². The van der Waals surface area contributed by atoms with Gasteiger partial charge >= 0.3 is 0 Å². The maximum absolute atomic E-state index is 11.8. The van der Waals surface area contributed by atoms with Crippen LogP contribution in [0.3, 0.4) is 0 Å². The molecule has 0 bridgehead atoms. The Morgan fingerprint density at radius 2 is 2.18 bits per heavy atom. The van der Waals surface area contributed by atoms with Gasteiger partial charge in [0.2, 0.25) is 5.91 Å². The molecule has 1 aliphatic carbocycles. The molecule has 2 N–H and O–H groups in total. The predicted octanol–water partition coefficient (Wildman–Crippen LogP) is 2.28. The van der Waals surface area contributed by atoms with Crippen molar-refractivity contribution in [1.29, 1.82) is 0 Å². The number of rotatable bonds is 5. The maximum Gasteiger partial charge on any atom is 0.276 e. The van der Waals surface area contributed by atoms with Crippen molar-refractivity contribution in [2.75, 3.05) is 6.54 Å². The van der Waals surface area contributed by atoms with Crippen LogP contribution in [0.1, 0.15) is 31.2 Å². The SMILES string of the molecule is O=C(/C=C/c1ccccc1[N+](=O)[O-])NCC1CCCC(O)C1. The van der Waals surface area contributed by atoms with Crippen LogP contribution in [0.5, 0.6) is 0 Å². The third-order valence-electron chi connectivity index (χ3n) is 3.87. The number of nitrogens with one attached hydrogen (secondary N) is 1. The highest BCUT2D eigenvalue weighted by Gasteiger charge is 2.20. The number of hydrogen-bond donors (Lipinski definition) is 2. The van der Waals surface area contributed by atoms with Crippen LogP contribution < -0.4 is 5.32 Å². The van der Waals surface area contributed by atoms with Gasteiger partial charge in [0.1, 0.15) is 0 Å². The van der Waals surface area contributed by atoms with Gasteiger partial charge in [0.25, 0.3) is 5.69 Å². The number of amides is 1. The average Bonchev–Trinajstić information content (AvgIpc) is 2.51. The number of nitro benzene ring substituents is 1. The van der Waals surface area contributed by atoms with E-state index >= 15 is 0 Å². The molecule has 1 aromatic carbocycles. The fourth-order valence-electron chi connectivity index (χ4n) is 2.71. The number of aliphatic hydroxyl groups excluding tert-OH is 1. The lowest BCUT2D eigenvalue weighted by Crippen LogP contribution is -2.32. The predicted molar refractivity (Wildman–Crippen MR) is 83.1 cm³/mol. The molecule has 1 aromatic rings. The molecule has 0 radical (unpaired) electrons. The summed E-state index contributed by atoms with van der Waals surface area (Å²) in [6, 6.07) is 6.28. The Hall–Kier alpha value is -2.21. The summed E-state index contributed by atoms with van der Waals surface area (Å²) < 4.78 is 0. The second-order valence-corrected chi connectivity index (χ2v) is 5.58. The number of nitrogens with zero attached hydrogens (tertiary/aromatic N) is 1. The topological polar surface area (TPSA) is 92.5 Å². The van der Waals surface area contributed by atoms with Crippen LogP contribution in [0.25, 0.3) is 6.08 Å². The van der Waals surface area contributed by atoms with Crippen LogP contribution in [0, 0.1) is 16.0 Å². The van der Waals surface area contributed by atoms with Gasteiger partial charge in [-0.3, -0.25) is 14.9 Å². The van der Waals surface area contributed by atoms with E-state index in [2.05, 4.69) is 5.32 Å². The summed E-state index contributed by atoms with van der Waals surface area (Å²) in [5.74, 6) is 0.0189. The summed E-state index contributed by atoms with van der Waals surface area (Å²) in [6.45, 7) is 0.525. The molecule has 1 saturated carbocycles. The van der Waals surface area contributed by atoms with E-state index in [-0.39, 0.29) is 17.7 Å². The summed E-state index contributed by atoms with van der Waals surface area (Å²) in [4.78, 5) is 22.2. The molecule has 2 atom stereocenters. The molecule has 1 aliphatic rings. The third kappa shape index (κ3) is 4.66. The van der Waals surface area contributed by atoms with Crippen LogP contribution in [0.4, 0.5) is 5.69 Å². The highest BCUT2D eigenvalue weighted by molar-refractivity contribution is 5.92. The zero-order valence-electron chi connectivity index (χ0n) is 12.3. The van der Waals surface area contributed by atoms with E-state index in [9.17, 15) is 20.0 Å². The van der Waals surface area contributed by atoms with E-state index in [1.165, 1.54) is 18.2 Å². The lowest BCUT2D eigenvalue weighted by atomic mass is 9.87. The van der Waals surface area contributed by atoms with Gasteiger partial charge in [-0.25, -0.2) is 0 Å². The summed E-state index contributed by atoms with van der Waals surface area (Å²) >= 11 is 0. The average molecular weight is 304 g/mol. The number of carbonyl (C=O) groups is 1. The second-order valence-electron chi connectivity index (χ2n) is 5.58. The quantitative estimate of drug-likeness (QED) is 0.496. The molecule has 6 heteroatoms. The summed E-state index contributed by atoms with van der Waals surface area (Å²) in [7, 11) is 0. The lowest BCUT2D eigenvalue weighted by Gasteiger charge is -2.25. The van der Waals surface area contributed by atoms with Gasteiger partial charge in [-0.05, 0) is 37.3 Å². The first-order valence-electron chi connectivity index (χ1n) is 7.43. The second kappa shape index (κ2) is 7.70. The van der Waals surface area contributed by atoms with Gasteiger partial charge in [-0.1, -0.05) is 18.6 Å². The molecule has 0 saturated heterocycles. The van der Waals surface area contributed by atoms with Gasteiger partial charge in [0.15, 0.2) is 0 Å². The molecule has 2 unspecified atom stereocenters. The molecule has 118 valence electrons. The molecular formula is C16H20N2O4. The number of benzene rings is 1. The Morgan fingerprint density at radius 1 is 1.41 bits per heavy atom. The highest BCUT2D eigenvalue weighted by Crippen LogP contribution is 2.23. The number of para-hydroxylation sites is 1. The molecule has 6 nitrogen and oxygen atoms in total. The van der Waals surface area contributed by atoms with Crippen LogP contribution >= 0.6 is 0 Å². The van der Waals surface area contributed by atoms with Crippen molar-refractivity contribution in [3.8, 4) is 0 Å². The van der Waals surface area contributed by atoms with Gasteiger partial charge in [-0.2, -0.15) is 0 Å². The molecule has 22 heavy (non-hydrogen) atoms. The smallest absolute Gasteiger partial charge is 0.276 e. The molecule has 0 spiro atoms. The summed E-state index contributed by atoms with van der Waals surface area (Å²) in [6.07, 6.45) is 6.03. The molecule has 1 amide bonds. The Balaban J connectivity index is 1.88. The van der Waals surface area contributed by atoms with Crippen LogP contribution in [-0.2, 0) is 4.79 Å². The molecule has 0 heterocycles. The van der Waals surface area contributed by atoms with E-state index in [4.69, 9.17) is 0 Å². The minimum absolute atomic E-state index is 0.0260. The summed E-state index contributed by atoms with van der Waals surface area (Å²) in [5, 5.41) is 23.3. The number of hydrogen-bond acceptors (Lipinski definition) is 4. The zero-order valence-corrected chi connectivity index (χ0v) is 12.3. The molecule has 0 aromatic heterocycles. The number of carbonyl (C=O) groups excluding carboxylic acids is 1. The number of nitro groups is 1. The van der Waals surface area contributed by atoms with Crippen molar-refractivity contribution in [2.45, 2.75) is 31.8 Å². The first-order valence-corrected chi connectivity index (χ1v) is 7.43. The van der Waals surface area contributed by atoms with Crippen molar-refractivity contribution in [3.63, 3.8) is 0 Å². The van der Waals surface area contributed by atoms with Crippen molar-refractivity contribution < 1.29 is 14.8 Å². The minimum atomic E-state index is -0.471. The minimum Gasteiger partial charge on any atom is -0.393 e. The van der Waals surface area contributed by atoms with Gasteiger partial charge in [0, 0.05) is 18.7 Å². The third-order valence-corrected chi connectivity index (χ3v) is 3.87. The Morgan fingerprint density at radius 3 is 2.91 bits per heavy atom. The van der Waals surface area contributed by atoms with E-state index in [0.29, 0.717) is 24.4 Å². The normalized spacial score (nSPS) is 21.7. The fraction of sp³-hybridized carbons (Fsp3) is 0.438. The molecule has 0 aliphatic heterocycles. The standard InChI is InChI=1S/C16H20N2O4/c19-14-6-3-4-12(10-14)11-17-16(20)9-8-13-5-1-2-7-15(13)18(21)22/h1-2,5,7-9,12,14,19H,3-4,6,10-11H2,(H,17,20)/b9-8+. The van der Waals surface area contributed by atoms with E-state index in [1.54, 1.807) is 18.2 Å². The first-order chi connectivity index (χ1) is 10.6. The first kappa shape index (κ1) is 16.2. The van der Waals surface area contributed by atoms with Gasteiger partial charge in [0.05, 0.1) is 16.6 Å². The Bertz CT molecular complexity index is 571. The van der Waals surface area contributed by atoms with E-state index < -0.39 is 4.92 Å². The number of aliphatic hydroxyl groups is 1. The van der Waals surface area contributed by atoms with Crippen molar-refractivity contribution >= 4 is 17.7 Å². The van der Waals surface area contributed by atoms with E-state index in [0.717, 1.165) is 19.3 Å². The zero-order chi connectivity index (χ0) is 15.9. The molecule has 1 fully saturated rings. The Kier molecular flexibility index (Phi) is 5.66. The highest BCUT2D eigenvalue weighted by atomic mass is 16.6. The maximum atomic E-state index is 11.8. The lowest BCUT2D eigenvalue weighted by molar-refractivity contribution is -0.385. The fourth-order valence-corrected chi connectivity index (χ4v) is 2.71. The Labute approximate surface area is 129 Å². The molecule has 2 rings (SSSR count). The summed E-state index contributed by atoms with van der Waals surface area (Å²) in [5.41, 5.74) is 0.373. The van der Waals surface area contributed by atoms with E-state index in [1.807, 2.05) is 0 Å². The van der Waals surface area contributed by atoms with Crippen molar-refractivity contribution in [3.05, 3.63) is 46.0 Å². The monoisotopic (exact) mass is 304 g/mol. The van der Waals surface area contributed by atoms with Gasteiger partial charge < -0.3 is 10.4 Å². The van der Waals surface area contributed by atoms with Gasteiger partial charge in [-0.15, -0.1) is 0 Å².